The van der Waals surface area contributed by atoms with Gasteiger partial charge in [0.2, 0.25) is 0 Å². The van der Waals surface area contributed by atoms with Gasteiger partial charge < -0.3 is 15.2 Å². The van der Waals surface area contributed by atoms with E-state index in [9.17, 15) is 5.11 Å². The number of hydrogen-bond acceptors (Lipinski definition) is 3. The Kier molecular flexibility index (Phi) is 5.26. The van der Waals surface area contributed by atoms with E-state index in [0.717, 1.165) is 43.5 Å². The van der Waals surface area contributed by atoms with Crippen molar-refractivity contribution in [2.45, 2.75) is 44.4 Å². The number of aliphatic hydroxyl groups excluding tert-OH is 1. The monoisotopic (exact) mass is 259 g/mol. The first kappa shape index (κ1) is 13.9. The Morgan fingerprint density at radius 3 is 2.74 bits per heavy atom. The van der Waals surface area contributed by atoms with E-state index in [4.69, 9.17) is 11.2 Å². The van der Waals surface area contributed by atoms with Gasteiger partial charge >= 0.3 is 0 Å². The van der Waals surface area contributed by atoms with Gasteiger partial charge in [-0.3, -0.25) is 0 Å². The normalized spacial score (nSPS) is 22.7. The van der Waals surface area contributed by atoms with Crippen molar-refractivity contribution in [1.82, 2.24) is 5.32 Å². The maximum absolute atomic E-state index is 9.49. The van der Waals surface area contributed by atoms with Crippen LogP contribution in [0.15, 0.2) is 24.3 Å². The van der Waals surface area contributed by atoms with Gasteiger partial charge in [-0.1, -0.05) is 24.1 Å². The lowest BCUT2D eigenvalue weighted by atomic mass is 9.93. The summed E-state index contributed by atoms with van der Waals surface area (Å²) in [6, 6.07) is 8.44. The third-order valence-corrected chi connectivity index (χ3v) is 3.56. The number of hydrogen-bond donors (Lipinski definition) is 2. The molecule has 102 valence electrons. The highest BCUT2D eigenvalue weighted by Crippen LogP contribution is 2.21. The molecule has 0 aromatic heterocycles. The van der Waals surface area contributed by atoms with Gasteiger partial charge in [0.05, 0.1) is 6.10 Å². The molecule has 0 saturated heterocycles. The molecule has 19 heavy (non-hydrogen) atoms. The molecule has 2 rings (SSSR count). The lowest BCUT2D eigenvalue weighted by molar-refractivity contribution is 0.116. The molecule has 0 amide bonds. The third-order valence-electron chi connectivity index (χ3n) is 3.56. The van der Waals surface area contributed by atoms with Crippen molar-refractivity contribution in [2.24, 2.45) is 0 Å². The molecule has 0 spiro atoms. The fourth-order valence-corrected chi connectivity index (χ4v) is 2.44. The minimum Gasteiger partial charge on any atom is -0.481 e. The molecule has 0 unspecified atom stereocenters. The predicted octanol–water partition coefficient (Wildman–Crippen LogP) is 2.09. The summed E-state index contributed by atoms with van der Waals surface area (Å²) in [7, 11) is 0. The minimum atomic E-state index is -0.107. The quantitative estimate of drug-likeness (QED) is 0.796. The van der Waals surface area contributed by atoms with E-state index in [1.54, 1.807) is 0 Å². The van der Waals surface area contributed by atoms with E-state index >= 15 is 0 Å². The summed E-state index contributed by atoms with van der Waals surface area (Å²) in [5.41, 5.74) is 1.13. The molecule has 0 aliphatic heterocycles. The van der Waals surface area contributed by atoms with Crippen molar-refractivity contribution in [1.29, 1.82) is 0 Å². The Morgan fingerprint density at radius 2 is 2.00 bits per heavy atom. The van der Waals surface area contributed by atoms with Crippen molar-refractivity contribution >= 4 is 0 Å². The second kappa shape index (κ2) is 7.18. The second-order valence-electron chi connectivity index (χ2n) is 4.99. The molecule has 0 radical (unpaired) electrons. The maximum Gasteiger partial charge on any atom is 0.148 e. The van der Waals surface area contributed by atoms with Crippen LogP contribution in [0, 0.1) is 12.3 Å². The molecule has 1 fully saturated rings. The lowest BCUT2D eigenvalue weighted by Crippen LogP contribution is -2.34. The Hall–Kier alpha value is -1.50. The number of para-hydroxylation sites is 1. The zero-order valence-corrected chi connectivity index (χ0v) is 11.1. The van der Waals surface area contributed by atoms with Crippen LogP contribution in [0.3, 0.4) is 0 Å². The van der Waals surface area contributed by atoms with Crippen LogP contribution in [0.5, 0.6) is 5.75 Å². The van der Waals surface area contributed by atoms with Crippen molar-refractivity contribution < 1.29 is 9.84 Å². The summed E-state index contributed by atoms with van der Waals surface area (Å²) >= 11 is 0. The molecule has 1 aromatic rings. The average molecular weight is 259 g/mol. The highest BCUT2D eigenvalue weighted by atomic mass is 16.5. The predicted molar refractivity (Wildman–Crippen MR) is 75.9 cm³/mol. The molecule has 1 aliphatic rings. The Balaban J connectivity index is 1.87. The fourth-order valence-electron chi connectivity index (χ4n) is 2.44. The topological polar surface area (TPSA) is 41.5 Å². The molecule has 3 heteroatoms. The van der Waals surface area contributed by atoms with Gasteiger partial charge in [-0.25, -0.2) is 0 Å². The Bertz CT molecular complexity index is 431. The molecular weight excluding hydrogens is 238 g/mol. The van der Waals surface area contributed by atoms with Crippen molar-refractivity contribution in [3.05, 3.63) is 29.8 Å². The SMILES string of the molecule is C#CCOc1ccccc1CNC1CCC(O)CC1. The number of terminal acetylenes is 1. The summed E-state index contributed by atoms with van der Waals surface area (Å²) in [5, 5.41) is 13.0. The van der Waals surface area contributed by atoms with Crippen LogP contribution >= 0.6 is 0 Å². The van der Waals surface area contributed by atoms with Gasteiger partial charge in [0, 0.05) is 18.2 Å². The first-order valence-corrected chi connectivity index (χ1v) is 6.85. The van der Waals surface area contributed by atoms with Gasteiger partial charge in [0.25, 0.3) is 0 Å². The van der Waals surface area contributed by atoms with E-state index in [0.29, 0.717) is 12.6 Å². The first-order valence-electron chi connectivity index (χ1n) is 6.85. The first-order chi connectivity index (χ1) is 9.29. The molecule has 0 atom stereocenters. The highest BCUT2D eigenvalue weighted by Gasteiger charge is 2.18. The minimum absolute atomic E-state index is 0.107. The van der Waals surface area contributed by atoms with Crippen LogP contribution in [0.25, 0.3) is 0 Å². The largest absolute Gasteiger partial charge is 0.481 e. The van der Waals surface area contributed by atoms with Gasteiger partial charge in [0.15, 0.2) is 0 Å². The number of benzene rings is 1. The van der Waals surface area contributed by atoms with Crippen molar-refractivity contribution in [2.75, 3.05) is 6.61 Å². The molecular formula is C16H21NO2. The van der Waals surface area contributed by atoms with Gasteiger partial charge in [0.1, 0.15) is 12.4 Å². The Morgan fingerprint density at radius 1 is 1.26 bits per heavy atom. The summed E-state index contributed by atoms with van der Waals surface area (Å²) in [6.45, 7) is 1.08. The van der Waals surface area contributed by atoms with Crippen LogP contribution in [0.4, 0.5) is 0 Å². The second-order valence-corrected chi connectivity index (χ2v) is 4.99. The zero-order valence-electron chi connectivity index (χ0n) is 11.1. The standard InChI is InChI=1S/C16H21NO2/c1-2-11-19-16-6-4-3-5-13(16)12-17-14-7-9-15(18)10-8-14/h1,3-6,14-15,17-18H,7-12H2. The van der Waals surface area contributed by atoms with Crippen LogP contribution < -0.4 is 10.1 Å². The fraction of sp³-hybridized carbons (Fsp3) is 0.500. The van der Waals surface area contributed by atoms with E-state index in [-0.39, 0.29) is 6.10 Å². The molecule has 0 bridgehead atoms. The third kappa shape index (κ3) is 4.27. The van der Waals surface area contributed by atoms with Crippen LogP contribution in [-0.2, 0) is 6.54 Å². The summed E-state index contributed by atoms with van der Waals surface area (Å²) in [5.74, 6) is 3.33. The summed E-state index contributed by atoms with van der Waals surface area (Å²) in [4.78, 5) is 0. The van der Waals surface area contributed by atoms with Gasteiger partial charge in [-0.15, -0.1) is 6.42 Å². The number of rotatable bonds is 5. The molecule has 1 aliphatic carbocycles. The van der Waals surface area contributed by atoms with Crippen LogP contribution in [-0.4, -0.2) is 23.9 Å². The van der Waals surface area contributed by atoms with Gasteiger partial charge in [-0.05, 0) is 31.7 Å². The number of ether oxygens (including phenoxy) is 1. The number of nitrogens with one attached hydrogen (secondary N) is 1. The van der Waals surface area contributed by atoms with Gasteiger partial charge in [-0.2, -0.15) is 0 Å². The molecule has 2 N–H and O–H groups in total. The van der Waals surface area contributed by atoms with Crippen molar-refractivity contribution in [3.63, 3.8) is 0 Å². The van der Waals surface area contributed by atoms with E-state index < -0.39 is 0 Å². The molecule has 0 heterocycles. The van der Waals surface area contributed by atoms with E-state index in [2.05, 4.69) is 17.3 Å². The maximum atomic E-state index is 9.49. The molecule has 1 saturated carbocycles. The lowest BCUT2D eigenvalue weighted by Gasteiger charge is -2.26. The van der Waals surface area contributed by atoms with Crippen LogP contribution in [0.2, 0.25) is 0 Å². The van der Waals surface area contributed by atoms with E-state index in [1.807, 2.05) is 18.2 Å². The van der Waals surface area contributed by atoms with E-state index in [1.165, 1.54) is 0 Å². The highest BCUT2D eigenvalue weighted by molar-refractivity contribution is 5.33. The van der Waals surface area contributed by atoms with Crippen molar-refractivity contribution in [3.8, 4) is 18.1 Å². The molecule has 3 nitrogen and oxygen atoms in total. The average Bonchev–Trinajstić information content (AvgIpc) is 2.45. The smallest absolute Gasteiger partial charge is 0.148 e. The molecule has 1 aromatic carbocycles. The zero-order chi connectivity index (χ0) is 13.5. The summed E-state index contributed by atoms with van der Waals surface area (Å²) < 4.78 is 5.53. The Labute approximate surface area is 115 Å². The van der Waals surface area contributed by atoms with Crippen LogP contribution in [0.1, 0.15) is 31.2 Å². The summed E-state index contributed by atoms with van der Waals surface area (Å²) in [6.07, 6.45) is 8.97. The number of aliphatic hydroxyl groups is 1.